The van der Waals surface area contributed by atoms with Gasteiger partial charge in [0.25, 0.3) is 0 Å². The van der Waals surface area contributed by atoms with Crippen molar-refractivity contribution in [3.05, 3.63) is 0 Å². The van der Waals surface area contributed by atoms with Crippen LogP contribution in [0.4, 0.5) is 0 Å². The van der Waals surface area contributed by atoms with Gasteiger partial charge in [-0.2, -0.15) is 0 Å². The van der Waals surface area contributed by atoms with E-state index in [0.29, 0.717) is 6.42 Å². The van der Waals surface area contributed by atoms with Gasteiger partial charge in [0.15, 0.2) is 0 Å². The minimum Gasteiger partial charge on any atom is -0.462 e. The highest BCUT2D eigenvalue weighted by atomic mass is 31.2. The molecule has 1 saturated heterocycles. The smallest absolute Gasteiger partial charge is 0.462 e. The standard InChI is InChI=1S/C18H34O2.C2H7O4P/c1-2-3-4-5-6-7-8-9-10-11-12-13-14-17-15-16-18(19)20-17;1-2-6-7(3,4)5/h17H,2-16H2,1H3;2H2,1H3,(H2,3,4,5). The second-order valence-corrected chi connectivity index (χ2v) is 8.48. The summed E-state index contributed by atoms with van der Waals surface area (Å²) in [7, 11) is -4.17. The van der Waals surface area contributed by atoms with Gasteiger partial charge in [-0.25, -0.2) is 4.57 Å². The van der Waals surface area contributed by atoms with E-state index in [1.807, 2.05) is 0 Å². The van der Waals surface area contributed by atoms with Crippen LogP contribution in [0.1, 0.15) is 110 Å². The van der Waals surface area contributed by atoms with E-state index >= 15 is 0 Å². The molecule has 0 amide bonds. The largest absolute Gasteiger partial charge is 0.469 e. The second-order valence-electron chi connectivity index (χ2n) is 7.24. The second kappa shape index (κ2) is 17.7. The quantitative estimate of drug-likeness (QED) is 0.199. The number of ether oxygens (including phenoxy) is 1. The van der Waals surface area contributed by atoms with Gasteiger partial charge in [0, 0.05) is 6.42 Å². The number of rotatable bonds is 15. The number of hydrogen-bond acceptors (Lipinski definition) is 4. The Morgan fingerprint density at radius 3 is 1.74 bits per heavy atom. The number of phosphoric ester groups is 1. The summed E-state index contributed by atoms with van der Waals surface area (Å²) in [6.07, 6.45) is 19.5. The SMILES string of the molecule is CCCCCCCCCCCCCCC1CCC(=O)O1.CCOP(=O)(O)O. The van der Waals surface area contributed by atoms with Crippen molar-refractivity contribution < 1.29 is 28.4 Å². The first-order chi connectivity index (χ1) is 12.9. The molecule has 0 aromatic heterocycles. The van der Waals surface area contributed by atoms with Crippen molar-refractivity contribution in [3.63, 3.8) is 0 Å². The van der Waals surface area contributed by atoms with E-state index in [9.17, 15) is 9.36 Å². The average molecular weight is 409 g/mol. The van der Waals surface area contributed by atoms with E-state index in [2.05, 4.69) is 11.4 Å². The predicted octanol–water partition coefficient (Wildman–Crippen LogP) is 5.90. The fourth-order valence-corrected chi connectivity index (χ4v) is 3.50. The summed E-state index contributed by atoms with van der Waals surface area (Å²) in [5.74, 6) is 0.00827. The van der Waals surface area contributed by atoms with Gasteiger partial charge in [-0.1, -0.05) is 77.6 Å². The number of carbonyl (C=O) groups is 1. The van der Waals surface area contributed by atoms with Gasteiger partial charge in [-0.3, -0.25) is 9.32 Å². The van der Waals surface area contributed by atoms with Crippen LogP contribution in [0, 0.1) is 0 Å². The third-order valence-electron chi connectivity index (χ3n) is 4.65. The van der Waals surface area contributed by atoms with Crippen molar-refractivity contribution in [2.45, 2.75) is 116 Å². The molecule has 1 heterocycles. The summed E-state index contributed by atoms with van der Waals surface area (Å²) in [6.45, 7) is 3.83. The molecule has 1 atom stereocenters. The van der Waals surface area contributed by atoms with Gasteiger partial charge < -0.3 is 14.5 Å². The molecule has 162 valence electrons. The van der Waals surface area contributed by atoms with Crippen LogP contribution in [-0.4, -0.2) is 28.5 Å². The van der Waals surface area contributed by atoms with E-state index in [-0.39, 0.29) is 18.7 Å². The molecular weight excluding hydrogens is 367 g/mol. The number of hydrogen-bond donors (Lipinski definition) is 2. The molecule has 1 rings (SSSR count). The molecule has 1 aliphatic rings. The molecule has 7 heteroatoms. The zero-order chi connectivity index (χ0) is 20.4. The first-order valence-electron chi connectivity index (χ1n) is 10.8. The van der Waals surface area contributed by atoms with Crippen molar-refractivity contribution in [1.29, 1.82) is 0 Å². The lowest BCUT2D eigenvalue weighted by molar-refractivity contribution is -0.141. The van der Waals surface area contributed by atoms with Gasteiger partial charge in [-0.05, 0) is 26.2 Å². The minimum atomic E-state index is -4.17. The van der Waals surface area contributed by atoms with E-state index in [0.717, 1.165) is 12.8 Å². The van der Waals surface area contributed by atoms with Gasteiger partial charge in [0.2, 0.25) is 0 Å². The fraction of sp³-hybridized carbons (Fsp3) is 0.950. The molecule has 0 aromatic carbocycles. The Balaban J connectivity index is 0.000000821. The Hall–Kier alpha value is -0.420. The highest BCUT2D eigenvalue weighted by molar-refractivity contribution is 7.46. The van der Waals surface area contributed by atoms with Crippen LogP contribution in [0.5, 0.6) is 0 Å². The third kappa shape index (κ3) is 20.1. The fourth-order valence-electron chi connectivity index (χ4n) is 3.17. The maximum Gasteiger partial charge on any atom is 0.469 e. The molecule has 0 bridgehead atoms. The first kappa shape index (κ1) is 26.6. The molecule has 0 aromatic rings. The Kier molecular flexibility index (Phi) is 17.4. The Morgan fingerprint density at radius 2 is 1.41 bits per heavy atom. The van der Waals surface area contributed by atoms with E-state index in [1.165, 1.54) is 84.0 Å². The molecule has 1 unspecified atom stereocenters. The summed E-state index contributed by atoms with van der Waals surface area (Å²) in [5.41, 5.74) is 0. The van der Waals surface area contributed by atoms with Crippen LogP contribution in [0.3, 0.4) is 0 Å². The summed E-state index contributed by atoms with van der Waals surface area (Å²) in [6, 6.07) is 0. The molecule has 1 aliphatic heterocycles. The summed E-state index contributed by atoms with van der Waals surface area (Å²) in [5, 5.41) is 0. The highest BCUT2D eigenvalue weighted by Gasteiger charge is 2.22. The van der Waals surface area contributed by atoms with Gasteiger partial charge in [0.1, 0.15) is 6.10 Å². The van der Waals surface area contributed by atoms with E-state index < -0.39 is 7.82 Å². The van der Waals surface area contributed by atoms with Crippen molar-refractivity contribution in [2.24, 2.45) is 0 Å². The van der Waals surface area contributed by atoms with Crippen molar-refractivity contribution in [2.75, 3.05) is 6.61 Å². The predicted molar refractivity (Wildman–Crippen MR) is 108 cm³/mol. The Morgan fingerprint density at radius 1 is 0.926 bits per heavy atom. The first-order valence-corrected chi connectivity index (χ1v) is 12.3. The maximum atomic E-state index is 10.9. The zero-order valence-corrected chi connectivity index (χ0v) is 18.3. The normalized spacial score (nSPS) is 16.7. The van der Waals surface area contributed by atoms with Gasteiger partial charge in [0.05, 0.1) is 6.61 Å². The van der Waals surface area contributed by atoms with Crippen LogP contribution in [0.2, 0.25) is 0 Å². The van der Waals surface area contributed by atoms with Gasteiger partial charge in [-0.15, -0.1) is 0 Å². The van der Waals surface area contributed by atoms with E-state index in [1.54, 1.807) is 0 Å². The lowest BCUT2D eigenvalue weighted by atomic mass is 10.0. The molecule has 0 aliphatic carbocycles. The number of unbranched alkanes of at least 4 members (excludes halogenated alkanes) is 11. The van der Waals surface area contributed by atoms with Crippen LogP contribution in [0.25, 0.3) is 0 Å². The Labute approximate surface area is 165 Å². The van der Waals surface area contributed by atoms with Crippen molar-refractivity contribution in [3.8, 4) is 0 Å². The number of phosphoric acid groups is 1. The molecule has 6 nitrogen and oxygen atoms in total. The van der Waals surface area contributed by atoms with Crippen LogP contribution in [0.15, 0.2) is 0 Å². The van der Waals surface area contributed by atoms with Crippen molar-refractivity contribution >= 4 is 13.8 Å². The molecule has 2 N–H and O–H groups in total. The number of cyclic esters (lactones) is 1. The lowest BCUT2D eigenvalue weighted by Gasteiger charge is -2.08. The molecule has 27 heavy (non-hydrogen) atoms. The summed E-state index contributed by atoms with van der Waals surface area (Å²) < 4.78 is 18.8. The van der Waals surface area contributed by atoms with Crippen LogP contribution >= 0.6 is 7.82 Å². The van der Waals surface area contributed by atoms with Crippen LogP contribution < -0.4 is 0 Å². The topological polar surface area (TPSA) is 93.1 Å². The molecular formula is C20H41O6P. The maximum absolute atomic E-state index is 10.9. The molecule has 0 spiro atoms. The zero-order valence-electron chi connectivity index (χ0n) is 17.4. The number of esters is 1. The average Bonchev–Trinajstić information content (AvgIpc) is 3.01. The molecule has 0 radical (unpaired) electrons. The van der Waals surface area contributed by atoms with E-state index in [4.69, 9.17) is 14.5 Å². The highest BCUT2D eigenvalue weighted by Crippen LogP contribution is 2.34. The summed E-state index contributed by atoms with van der Waals surface area (Å²) in [4.78, 5) is 26.8. The Bertz CT molecular complexity index is 396. The van der Waals surface area contributed by atoms with Crippen molar-refractivity contribution in [1.82, 2.24) is 0 Å². The monoisotopic (exact) mass is 408 g/mol. The number of carbonyl (C=O) groups excluding carboxylic acids is 1. The molecule has 0 saturated carbocycles. The summed E-state index contributed by atoms with van der Waals surface area (Å²) >= 11 is 0. The lowest BCUT2D eigenvalue weighted by Crippen LogP contribution is -2.06. The minimum absolute atomic E-state index is 0.00827. The molecule has 1 fully saturated rings. The van der Waals surface area contributed by atoms with Crippen LogP contribution in [-0.2, 0) is 18.6 Å². The third-order valence-corrected chi connectivity index (χ3v) is 5.24. The van der Waals surface area contributed by atoms with Gasteiger partial charge >= 0.3 is 13.8 Å².